The van der Waals surface area contributed by atoms with Crippen LogP contribution in [0.1, 0.15) is 43.0 Å². The number of nitrogens with zero attached hydrogens (tertiary/aromatic N) is 4. The molecule has 3 aliphatic rings. The van der Waals surface area contributed by atoms with Crippen molar-refractivity contribution in [2.75, 3.05) is 52.4 Å². The molecule has 1 N–H and O–H groups in total. The second-order valence-electron chi connectivity index (χ2n) is 11.5. The zero-order valence-corrected chi connectivity index (χ0v) is 23.3. The van der Waals surface area contributed by atoms with Crippen LogP contribution in [0.25, 0.3) is 22.2 Å². The topological polar surface area (TPSA) is 80.0 Å². The average molecular weight is 542 g/mol. The number of aromatic amines is 1. The Morgan fingerprint density at radius 2 is 1.32 bits per heavy atom. The molecule has 0 spiro atoms. The lowest BCUT2D eigenvalue weighted by Crippen LogP contribution is -2.55. The van der Waals surface area contributed by atoms with Crippen LogP contribution < -0.4 is 0 Å². The van der Waals surface area contributed by atoms with Crippen LogP contribution in [0.5, 0.6) is 0 Å². The number of nitrogens with one attached hydrogen (secondary N) is 1. The lowest BCUT2D eigenvalue weighted by Gasteiger charge is -2.43. The zero-order valence-electron chi connectivity index (χ0n) is 23.3. The van der Waals surface area contributed by atoms with Crippen molar-refractivity contribution < 1.29 is 14.4 Å². The molecule has 4 heterocycles. The van der Waals surface area contributed by atoms with Gasteiger partial charge in [-0.2, -0.15) is 0 Å². The summed E-state index contributed by atoms with van der Waals surface area (Å²) in [5.74, 6) is 0.510. The van der Waals surface area contributed by atoms with Gasteiger partial charge >= 0.3 is 0 Å². The highest BCUT2D eigenvalue weighted by Crippen LogP contribution is 2.32. The number of benzene rings is 2. The fourth-order valence-electron chi connectivity index (χ4n) is 6.78. The maximum Gasteiger partial charge on any atom is 0.256 e. The number of para-hydroxylation sites is 1. The summed E-state index contributed by atoms with van der Waals surface area (Å²) in [7, 11) is 0. The van der Waals surface area contributed by atoms with Crippen molar-refractivity contribution in [3.05, 3.63) is 60.2 Å². The van der Waals surface area contributed by atoms with E-state index in [1.165, 1.54) is 0 Å². The molecule has 3 fully saturated rings. The third-order valence-corrected chi connectivity index (χ3v) is 9.17. The number of amides is 3. The molecule has 3 amide bonds. The quantitative estimate of drug-likeness (QED) is 0.544. The fraction of sp³-hybridized carbons (Fsp3) is 0.469. The Bertz CT molecular complexity index is 1360. The third-order valence-electron chi connectivity index (χ3n) is 9.17. The summed E-state index contributed by atoms with van der Waals surface area (Å²) in [6, 6.07) is 18.6. The molecule has 0 atom stereocenters. The molecule has 40 heavy (non-hydrogen) atoms. The Hall–Kier alpha value is -3.65. The number of likely N-dealkylation sites (tertiary alicyclic amines) is 2. The van der Waals surface area contributed by atoms with E-state index in [1.807, 2.05) is 69.3 Å². The third kappa shape index (κ3) is 5.24. The Morgan fingerprint density at radius 3 is 2.00 bits per heavy atom. The molecule has 8 heteroatoms. The van der Waals surface area contributed by atoms with Gasteiger partial charge in [0.1, 0.15) is 0 Å². The van der Waals surface area contributed by atoms with Crippen molar-refractivity contribution in [2.24, 2.45) is 5.92 Å². The molecule has 3 aromatic rings. The van der Waals surface area contributed by atoms with Crippen molar-refractivity contribution in [1.29, 1.82) is 0 Å². The van der Waals surface area contributed by atoms with Gasteiger partial charge in [-0.1, -0.05) is 48.5 Å². The Kier molecular flexibility index (Phi) is 7.61. The summed E-state index contributed by atoms with van der Waals surface area (Å²) >= 11 is 0. The van der Waals surface area contributed by atoms with Crippen LogP contribution in [0.4, 0.5) is 0 Å². The zero-order chi connectivity index (χ0) is 27.6. The number of rotatable bonds is 4. The van der Waals surface area contributed by atoms with E-state index < -0.39 is 0 Å². The Morgan fingerprint density at radius 1 is 0.700 bits per heavy atom. The van der Waals surface area contributed by atoms with Crippen LogP contribution in [-0.2, 0) is 9.59 Å². The minimum Gasteiger partial charge on any atom is -0.354 e. The maximum absolute atomic E-state index is 13.9. The molecule has 0 aliphatic carbocycles. The number of hydrogen-bond acceptors (Lipinski definition) is 4. The molecule has 210 valence electrons. The standard InChI is InChI=1S/C32H39N5O3/c1-23(38)34-15-11-25(12-16-34)31(39)36-17-13-26(14-18-36)35-19-21-37(22-20-35)32(40)29-27-9-5-6-10-28(27)33-30(29)24-7-3-2-4-8-24/h2-10,25-26,33H,11-22H2,1H3. The highest BCUT2D eigenvalue weighted by molar-refractivity contribution is 6.12. The lowest BCUT2D eigenvalue weighted by molar-refractivity contribution is -0.141. The van der Waals surface area contributed by atoms with Crippen LogP contribution in [0, 0.1) is 5.92 Å². The van der Waals surface area contributed by atoms with Crippen molar-refractivity contribution >= 4 is 28.6 Å². The maximum atomic E-state index is 13.9. The van der Waals surface area contributed by atoms with E-state index in [0.29, 0.717) is 32.2 Å². The van der Waals surface area contributed by atoms with Gasteiger partial charge < -0.3 is 19.7 Å². The van der Waals surface area contributed by atoms with Gasteiger partial charge in [0.05, 0.1) is 11.3 Å². The van der Waals surface area contributed by atoms with Crippen LogP contribution >= 0.6 is 0 Å². The van der Waals surface area contributed by atoms with Gasteiger partial charge in [0.2, 0.25) is 11.8 Å². The average Bonchev–Trinajstić information content (AvgIpc) is 3.41. The summed E-state index contributed by atoms with van der Waals surface area (Å²) in [6.45, 7) is 7.71. The first-order chi connectivity index (χ1) is 19.5. The van der Waals surface area contributed by atoms with Crippen LogP contribution in [-0.4, -0.2) is 101 Å². The molecular formula is C32H39N5O3. The molecule has 6 rings (SSSR count). The molecule has 0 unspecified atom stereocenters. The van der Waals surface area contributed by atoms with Gasteiger partial charge in [-0.3, -0.25) is 19.3 Å². The molecule has 0 saturated carbocycles. The SMILES string of the molecule is CC(=O)N1CCC(C(=O)N2CCC(N3CCN(C(=O)c4c(-c5ccccc5)[nH]c5ccccc45)CC3)CC2)CC1. The summed E-state index contributed by atoms with van der Waals surface area (Å²) in [5.41, 5.74) is 3.65. The molecule has 2 aromatic carbocycles. The van der Waals surface area contributed by atoms with Crippen LogP contribution in [0.2, 0.25) is 0 Å². The predicted octanol–water partition coefficient (Wildman–Crippen LogP) is 3.84. The van der Waals surface area contributed by atoms with E-state index in [1.54, 1.807) is 6.92 Å². The smallest absolute Gasteiger partial charge is 0.256 e. The molecule has 1 aromatic heterocycles. The lowest BCUT2D eigenvalue weighted by atomic mass is 9.93. The number of H-pyrrole nitrogens is 1. The fourth-order valence-corrected chi connectivity index (χ4v) is 6.78. The van der Waals surface area contributed by atoms with E-state index >= 15 is 0 Å². The van der Waals surface area contributed by atoms with Gasteiger partial charge in [0.25, 0.3) is 5.91 Å². The van der Waals surface area contributed by atoms with E-state index in [-0.39, 0.29) is 23.6 Å². The molecule has 3 saturated heterocycles. The molecule has 3 aliphatic heterocycles. The number of piperidine rings is 2. The van der Waals surface area contributed by atoms with Gasteiger partial charge in [0, 0.05) is 82.1 Å². The molecular weight excluding hydrogens is 502 g/mol. The van der Waals surface area contributed by atoms with Crippen molar-refractivity contribution in [3.63, 3.8) is 0 Å². The Labute approximate surface area is 235 Å². The highest BCUT2D eigenvalue weighted by Gasteiger charge is 2.34. The largest absolute Gasteiger partial charge is 0.354 e. The number of carbonyl (C=O) groups excluding carboxylic acids is 3. The summed E-state index contributed by atoms with van der Waals surface area (Å²) < 4.78 is 0. The van der Waals surface area contributed by atoms with Crippen LogP contribution in [0.15, 0.2) is 54.6 Å². The number of aromatic nitrogens is 1. The summed E-state index contributed by atoms with van der Waals surface area (Å²) in [6.07, 6.45) is 3.51. The molecule has 0 bridgehead atoms. The molecule has 8 nitrogen and oxygen atoms in total. The van der Waals surface area contributed by atoms with E-state index in [9.17, 15) is 14.4 Å². The number of fused-ring (bicyclic) bond motifs is 1. The van der Waals surface area contributed by atoms with E-state index in [2.05, 4.69) is 9.88 Å². The van der Waals surface area contributed by atoms with Gasteiger partial charge in [0.15, 0.2) is 0 Å². The second kappa shape index (κ2) is 11.5. The number of piperazine rings is 1. The summed E-state index contributed by atoms with van der Waals surface area (Å²) in [4.78, 5) is 50.6. The first kappa shape index (κ1) is 26.6. The summed E-state index contributed by atoms with van der Waals surface area (Å²) in [5, 5.41) is 0.970. The second-order valence-corrected chi connectivity index (χ2v) is 11.5. The minimum absolute atomic E-state index is 0.0481. The van der Waals surface area contributed by atoms with Crippen molar-refractivity contribution in [1.82, 2.24) is 24.6 Å². The predicted molar refractivity (Wildman–Crippen MR) is 156 cm³/mol. The first-order valence-electron chi connectivity index (χ1n) is 14.7. The monoisotopic (exact) mass is 541 g/mol. The van der Waals surface area contributed by atoms with Crippen LogP contribution in [0.3, 0.4) is 0 Å². The highest BCUT2D eigenvalue weighted by atomic mass is 16.2. The van der Waals surface area contributed by atoms with Gasteiger partial charge in [-0.15, -0.1) is 0 Å². The Balaban J connectivity index is 1.05. The van der Waals surface area contributed by atoms with Gasteiger partial charge in [-0.05, 0) is 37.3 Å². The minimum atomic E-state index is 0.0481. The van der Waals surface area contributed by atoms with Crippen molar-refractivity contribution in [3.8, 4) is 11.3 Å². The number of hydrogen-bond donors (Lipinski definition) is 1. The van der Waals surface area contributed by atoms with Gasteiger partial charge in [-0.25, -0.2) is 0 Å². The molecule has 0 radical (unpaired) electrons. The van der Waals surface area contributed by atoms with E-state index in [0.717, 1.165) is 79.6 Å². The first-order valence-corrected chi connectivity index (χ1v) is 14.7. The normalized spacial score (nSPS) is 19.8. The number of carbonyl (C=O) groups is 3. The van der Waals surface area contributed by atoms with E-state index in [4.69, 9.17) is 0 Å². The van der Waals surface area contributed by atoms with Crippen molar-refractivity contribution in [2.45, 2.75) is 38.6 Å².